The number of aromatic nitrogens is 1. The fourth-order valence-electron chi connectivity index (χ4n) is 2.81. The Morgan fingerprint density at radius 1 is 1.37 bits per heavy atom. The molecule has 1 aliphatic heterocycles. The van der Waals surface area contributed by atoms with Gasteiger partial charge in [0.15, 0.2) is 0 Å². The summed E-state index contributed by atoms with van der Waals surface area (Å²) in [4.78, 5) is 17.1. The van der Waals surface area contributed by atoms with Gasteiger partial charge >= 0.3 is 0 Å². The first-order valence-electron chi connectivity index (χ1n) is 6.71. The van der Waals surface area contributed by atoms with Crippen molar-refractivity contribution >= 4 is 29.4 Å². The molecule has 1 atom stereocenters. The third-order valence-corrected chi connectivity index (χ3v) is 4.39. The number of amides is 1. The lowest BCUT2D eigenvalue weighted by Gasteiger charge is -2.16. The van der Waals surface area contributed by atoms with Crippen LogP contribution in [0.2, 0.25) is 0 Å². The van der Waals surface area contributed by atoms with Crippen LogP contribution in [0.1, 0.15) is 12.0 Å². The molecule has 4 heteroatoms. The number of thiol groups is 1. The summed E-state index contributed by atoms with van der Waals surface area (Å²) >= 11 is 4.29. The second kappa shape index (κ2) is 5.29. The average molecular weight is 274 g/mol. The predicted octanol–water partition coefficient (Wildman–Crippen LogP) is 2.49. The second-order valence-corrected chi connectivity index (χ2v) is 5.57. The minimum absolute atomic E-state index is 0.276. The van der Waals surface area contributed by atoms with Gasteiger partial charge in [-0.3, -0.25) is 4.79 Å². The van der Waals surface area contributed by atoms with Crippen molar-refractivity contribution in [3.63, 3.8) is 0 Å². The molecule has 0 aliphatic carbocycles. The highest BCUT2D eigenvalue weighted by atomic mass is 32.1. The highest BCUT2D eigenvalue weighted by molar-refractivity contribution is 7.80. The maximum atomic E-state index is 11.9. The first kappa shape index (κ1) is 12.6. The molecule has 0 bridgehead atoms. The van der Waals surface area contributed by atoms with E-state index in [2.05, 4.69) is 41.9 Å². The van der Waals surface area contributed by atoms with Gasteiger partial charge in [-0.1, -0.05) is 18.2 Å². The van der Waals surface area contributed by atoms with E-state index in [0.717, 1.165) is 25.3 Å². The van der Waals surface area contributed by atoms with Crippen molar-refractivity contribution in [3.8, 4) is 0 Å². The zero-order valence-electron chi connectivity index (χ0n) is 10.8. The van der Waals surface area contributed by atoms with E-state index in [0.29, 0.717) is 12.3 Å². The summed E-state index contributed by atoms with van der Waals surface area (Å²) in [6, 6.07) is 8.40. The first-order valence-corrected chi connectivity index (χ1v) is 7.35. The molecule has 1 N–H and O–H groups in total. The molecular weight excluding hydrogens is 256 g/mol. The van der Waals surface area contributed by atoms with Gasteiger partial charge in [0, 0.05) is 31.2 Å². The molecule has 0 saturated carbocycles. The van der Waals surface area contributed by atoms with E-state index in [9.17, 15) is 4.79 Å². The van der Waals surface area contributed by atoms with Gasteiger partial charge in [0.25, 0.3) is 0 Å². The van der Waals surface area contributed by atoms with Gasteiger partial charge in [0.1, 0.15) is 0 Å². The third-order valence-electron chi connectivity index (χ3n) is 3.88. The van der Waals surface area contributed by atoms with Crippen LogP contribution in [0.25, 0.3) is 10.9 Å². The summed E-state index contributed by atoms with van der Waals surface area (Å²) in [5.41, 5.74) is 2.48. The topological polar surface area (TPSA) is 36.1 Å². The number of hydrogen-bond acceptors (Lipinski definition) is 2. The molecule has 1 aliphatic rings. The quantitative estimate of drug-likeness (QED) is 0.826. The molecule has 0 radical (unpaired) electrons. The number of likely N-dealkylation sites (tertiary alicyclic amines) is 1. The van der Waals surface area contributed by atoms with E-state index in [1.54, 1.807) is 0 Å². The van der Waals surface area contributed by atoms with Crippen LogP contribution in [-0.4, -0.2) is 34.6 Å². The number of nitrogens with one attached hydrogen (secondary N) is 1. The van der Waals surface area contributed by atoms with Crippen LogP contribution >= 0.6 is 12.6 Å². The van der Waals surface area contributed by atoms with Crippen LogP contribution < -0.4 is 0 Å². The zero-order valence-corrected chi connectivity index (χ0v) is 11.7. The fraction of sp³-hybridized carbons (Fsp3) is 0.400. The molecule has 1 saturated heterocycles. The van der Waals surface area contributed by atoms with Crippen molar-refractivity contribution in [2.45, 2.75) is 12.8 Å². The second-order valence-electron chi connectivity index (χ2n) is 5.20. The Morgan fingerprint density at radius 3 is 3.05 bits per heavy atom. The van der Waals surface area contributed by atoms with Crippen molar-refractivity contribution in [1.29, 1.82) is 0 Å². The van der Waals surface area contributed by atoms with Gasteiger partial charge in [-0.25, -0.2) is 0 Å². The van der Waals surface area contributed by atoms with Gasteiger partial charge in [0.2, 0.25) is 5.91 Å². The molecular formula is C15H18N2OS. The van der Waals surface area contributed by atoms with Crippen molar-refractivity contribution < 1.29 is 4.79 Å². The van der Waals surface area contributed by atoms with Crippen molar-refractivity contribution in [2.75, 3.05) is 18.8 Å². The van der Waals surface area contributed by atoms with Gasteiger partial charge < -0.3 is 9.88 Å². The number of aromatic amines is 1. The zero-order chi connectivity index (χ0) is 13.2. The van der Waals surface area contributed by atoms with Gasteiger partial charge in [-0.05, 0) is 35.1 Å². The lowest BCUT2D eigenvalue weighted by atomic mass is 10.1. The Bertz CT molecular complexity index is 593. The number of nitrogens with zero attached hydrogens (tertiary/aromatic N) is 1. The summed E-state index contributed by atoms with van der Waals surface area (Å²) in [7, 11) is 0. The number of benzene rings is 1. The number of H-pyrrole nitrogens is 1. The summed E-state index contributed by atoms with van der Waals surface area (Å²) in [6.45, 7) is 1.67. The number of carbonyl (C=O) groups is 1. The Morgan fingerprint density at radius 2 is 2.26 bits per heavy atom. The Balaban J connectivity index is 1.69. The monoisotopic (exact) mass is 274 g/mol. The normalized spacial score (nSPS) is 19.5. The summed E-state index contributed by atoms with van der Waals surface area (Å²) < 4.78 is 0. The maximum absolute atomic E-state index is 11.9. The standard InChI is InChI=1S/C15H18N2OS/c18-14-8-11(10-19)9-17(14)7-5-13-3-1-2-12-4-6-16-15(12)13/h1-4,6,11,16,19H,5,7-10H2. The highest BCUT2D eigenvalue weighted by Gasteiger charge is 2.28. The van der Waals surface area contributed by atoms with E-state index < -0.39 is 0 Å². The molecule has 0 spiro atoms. The molecule has 2 aromatic rings. The molecule has 1 unspecified atom stereocenters. The molecule has 2 heterocycles. The van der Waals surface area contributed by atoms with E-state index in [1.165, 1.54) is 16.5 Å². The van der Waals surface area contributed by atoms with E-state index in [-0.39, 0.29) is 5.91 Å². The largest absolute Gasteiger partial charge is 0.361 e. The number of rotatable bonds is 4. The molecule has 1 aromatic heterocycles. The van der Waals surface area contributed by atoms with Crippen LogP contribution in [0.4, 0.5) is 0 Å². The lowest BCUT2D eigenvalue weighted by molar-refractivity contribution is -0.127. The summed E-state index contributed by atoms with van der Waals surface area (Å²) in [5.74, 6) is 1.50. The fourth-order valence-corrected chi connectivity index (χ4v) is 3.05. The molecule has 19 heavy (non-hydrogen) atoms. The molecule has 1 aromatic carbocycles. The molecule has 3 rings (SSSR count). The minimum atomic E-state index is 0.276. The molecule has 100 valence electrons. The van der Waals surface area contributed by atoms with E-state index >= 15 is 0 Å². The number of hydrogen-bond donors (Lipinski definition) is 2. The van der Waals surface area contributed by atoms with Crippen molar-refractivity contribution in [2.24, 2.45) is 5.92 Å². The first-order chi connectivity index (χ1) is 9.28. The number of carbonyl (C=O) groups excluding carboxylic acids is 1. The molecule has 1 fully saturated rings. The minimum Gasteiger partial charge on any atom is -0.361 e. The van der Waals surface area contributed by atoms with Gasteiger partial charge in [0.05, 0.1) is 0 Å². The molecule has 3 nitrogen and oxygen atoms in total. The lowest BCUT2D eigenvalue weighted by Crippen LogP contribution is -2.27. The third kappa shape index (κ3) is 2.50. The maximum Gasteiger partial charge on any atom is 0.222 e. The van der Waals surface area contributed by atoms with Crippen LogP contribution in [0.15, 0.2) is 30.5 Å². The number of para-hydroxylation sites is 1. The Kier molecular flexibility index (Phi) is 3.51. The summed E-state index contributed by atoms with van der Waals surface area (Å²) in [6.07, 6.45) is 3.53. The van der Waals surface area contributed by atoms with Gasteiger partial charge in [-0.2, -0.15) is 12.6 Å². The Labute approximate surface area is 118 Å². The van der Waals surface area contributed by atoms with E-state index in [4.69, 9.17) is 0 Å². The average Bonchev–Trinajstić information content (AvgIpc) is 3.02. The number of fused-ring (bicyclic) bond motifs is 1. The van der Waals surface area contributed by atoms with Crippen molar-refractivity contribution in [3.05, 3.63) is 36.0 Å². The highest BCUT2D eigenvalue weighted by Crippen LogP contribution is 2.21. The van der Waals surface area contributed by atoms with Crippen molar-refractivity contribution in [1.82, 2.24) is 9.88 Å². The van der Waals surface area contributed by atoms with Gasteiger partial charge in [-0.15, -0.1) is 0 Å². The summed E-state index contributed by atoms with van der Waals surface area (Å²) in [5, 5.41) is 1.23. The smallest absolute Gasteiger partial charge is 0.222 e. The van der Waals surface area contributed by atoms with Crippen LogP contribution in [0.5, 0.6) is 0 Å². The Hall–Kier alpha value is -1.42. The van der Waals surface area contributed by atoms with Crippen LogP contribution in [0.3, 0.4) is 0 Å². The predicted molar refractivity (Wildman–Crippen MR) is 80.5 cm³/mol. The van der Waals surface area contributed by atoms with E-state index in [1.807, 2.05) is 11.1 Å². The van der Waals surface area contributed by atoms with Crippen LogP contribution in [0, 0.1) is 5.92 Å². The SMILES string of the molecule is O=C1CC(CS)CN1CCc1cccc2cc[nH]c12. The molecule has 1 amide bonds. The van der Waals surface area contributed by atoms with Crippen LogP contribution in [-0.2, 0) is 11.2 Å².